The lowest BCUT2D eigenvalue weighted by Gasteiger charge is -1.99. The number of methoxy groups -OCH3 is 1. The number of carbonyl (C=O) groups is 1. The molecule has 0 unspecified atom stereocenters. The molecule has 1 N–H and O–H groups in total. The average Bonchev–Trinajstić information content (AvgIpc) is 3.08. The summed E-state index contributed by atoms with van der Waals surface area (Å²) in [6, 6.07) is 0. The molecule has 0 fully saturated rings. The highest BCUT2D eigenvalue weighted by Gasteiger charge is 2.25. The van der Waals surface area contributed by atoms with E-state index in [4.69, 9.17) is 9.26 Å². The first kappa shape index (κ1) is 17.0. The van der Waals surface area contributed by atoms with Crippen molar-refractivity contribution in [2.24, 2.45) is 0 Å². The van der Waals surface area contributed by atoms with Gasteiger partial charge in [0.1, 0.15) is 11.0 Å². The maximum Gasteiger partial charge on any atom is 0.404 e. The molecule has 2 aromatic rings. The zero-order valence-corrected chi connectivity index (χ0v) is 13.9. The highest BCUT2D eigenvalue weighted by Crippen LogP contribution is 2.27. The Labute approximate surface area is 138 Å². The van der Waals surface area contributed by atoms with Gasteiger partial charge in [-0.15, -0.1) is 0 Å². The van der Waals surface area contributed by atoms with Crippen LogP contribution in [-0.4, -0.2) is 51.0 Å². The smallest absolute Gasteiger partial charge is 0.383 e. The van der Waals surface area contributed by atoms with Crippen LogP contribution in [0.15, 0.2) is 9.00 Å². The van der Waals surface area contributed by atoms with Gasteiger partial charge in [0, 0.05) is 13.7 Å². The first-order valence-electron chi connectivity index (χ1n) is 6.41. The summed E-state index contributed by atoms with van der Waals surface area (Å²) in [5, 5.41) is 20.9. The molecule has 0 aliphatic carbocycles. The standard InChI is InChI=1S/C11H13BrN6O5/c1-6-8(12)9(18(20)21)15-17(6)5-7-14-11(23-16-7)10(19)13-3-4-22-2/h3-5H2,1-2H3,(H,13,19). The molecule has 0 radical (unpaired) electrons. The molecule has 0 aromatic carbocycles. The maximum absolute atomic E-state index is 11.7. The monoisotopic (exact) mass is 388 g/mol. The van der Waals surface area contributed by atoms with Crippen LogP contribution in [0.4, 0.5) is 5.82 Å². The molecule has 0 aliphatic heterocycles. The molecule has 23 heavy (non-hydrogen) atoms. The van der Waals surface area contributed by atoms with E-state index in [9.17, 15) is 14.9 Å². The minimum Gasteiger partial charge on any atom is -0.383 e. The lowest BCUT2D eigenvalue weighted by atomic mass is 10.4. The van der Waals surface area contributed by atoms with E-state index in [-0.39, 0.29) is 28.6 Å². The number of hydrogen-bond acceptors (Lipinski definition) is 8. The van der Waals surface area contributed by atoms with E-state index in [0.29, 0.717) is 18.8 Å². The predicted octanol–water partition coefficient (Wildman–Crippen LogP) is 0.670. The highest BCUT2D eigenvalue weighted by atomic mass is 79.9. The molecule has 12 heteroatoms. The van der Waals surface area contributed by atoms with Crippen molar-refractivity contribution in [1.29, 1.82) is 0 Å². The van der Waals surface area contributed by atoms with Crippen molar-refractivity contribution in [3.63, 3.8) is 0 Å². The van der Waals surface area contributed by atoms with Gasteiger partial charge in [-0.25, -0.2) is 0 Å². The Bertz CT molecular complexity index is 727. The second kappa shape index (κ2) is 7.28. The van der Waals surface area contributed by atoms with Gasteiger partial charge in [-0.1, -0.05) is 5.16 Å². The van der Waals surface area contributed by atoms with Gasteiger partial charge in [-0.05, 0) is 27.8 Å². The number of amides is 1. The Balaban J connectivity index is 2.09. The Morgan fingerprint density at radius 1 is 1.57 bits per heavy atom. The number of nitro groups is 1. The van der Waals surface area contributed by atoms with Gasteiger partial charge < -0.3 is 24.7 Å². The third-order valence-corrected chi connectivity index (χ3v) is 3.76. The number of carbonyl (C=O) groups excluding carboxylic acids is 1. The number of nitrogens with one attached hydrogen (secondary N) is 1. The number of halogens is 1. The fraction of sp³-hybridized carbons (Fsp3) is 0.455. The summed E-state index contributed by atoms with van der Waals surface area (Å²) in [6.07, 6.45) is 0. The van der Waals surface area contributed by atoms with Crippen molar-refractivity contribution in [1.82, 2.24) is 25.2 Å². The largest absolute Gasteiger partial charge is 0.404 e. The average molecular weight is 389 g/mol. The van der Waals surface area contributed by atoms with Gasteiger partial charge in [-0.3, -0.25) is 4.79 Å². The van der Waals surface area contributed by atoms with Crippen LogP contribution in [0.2, 0.25) is 0 Å². The molecule has 11 nitrogen and oxygen atoms in total. The number of nitrogens with zero attached hydrogens (tertiary/aromatic N) is 5. The number of ether oxygens (including phenoxy) is 1. The third kappa shape index (κ3) is 3.90. The first-order chi connectivity index (χ1) is 10.9. The molecular formula is C11H13BrN6O5. The molecular weight excluding hydrogens is 376 g/mol. The molecule has 0 atom stereocenters. The number of rotatable bonds is 7. The van der Waals surface area contributed by atoms with Crippen molar-refractivity contribution in [2.45, 2.75) is 13.5 Å². The highest BCUT2D eigenvalue weighted by molar-refractivity contribution is 9.10. The number of aromatic nitrogens is 4. The fourth-order valence-corrected chi connectivity index (χ4v) is 2.09. The van der Waals surface area contributed by atoms with Crippen LogP contribution in [0.1, 0.15) is 22.2 Å². The molecule has 2 heterocycles. The van der Waals surface area contributed by atoms with Crippen LogP contribution >= 0.6 is 15.9 Å². The van der Waals surface area contributed by atoms with Crippen molar-refractivity contribution in [3.05, 3.63) is 32.0 Å². The van der Waals surface area contributed by atoms with E-state index in [1.165, 1.54) is 11.8 Å². The quantitative estimate of drug-likeness (QED) is 0.414. The zero-order valence-electron chi connectivity index (χ0n) is 12.3. The van der Waals surface area contributed by atoms with Crippen LogP contribution in [0.25, 0.3) is 0 Å². The fourth-order valence-electron chi connectivity index (χ4n) is 1.67. The van der Waals surface area contributed by atoms with Gasteiger partial charge in [0.2, 0.25) is 0 Å². The summed E-state index contributed by atoms with van der Waals surface area (Å²) in [4.78, 5) is 25.9. The lowest BCUT2D eigenvalue weighted by Crippen LogP contribution is -2.27. The minimum atomic E-state index is -0.599. The SMILES string of the molecule is COCCNC(=O)c1nc(Cn2nc([N+](=O)[O-])c(Br)c2C)no1. The molecule has 2 rings (SSSR count). The van der Waals surface area contributed by atoms with Gasteiger partial charge in [0.15, 0.2) is 5.82 Å². The van der Waals surface area contributed by atoms with E-state index >= 15 is 0 Å². The summed E-state index contributed by atoms with van der Waals surface area (Å²) < 4.78 is 11.3. The van der Waals surface area contributed by atoms with Crippen LogP contribution in [0, 0.1) is 17.0 Å². The van der Waals surface area contributed by atoms with Crippen LogP contribution in [0.5, 0.6) is 0 Å². The molecule has 0 bridgehead atoms. The topological polar surface area (TPSA) is 138 Å². The maximum atomic E-state index is 11.7. The summed E-state index contributed by atoms with van der Waals surface area (Å²) >= 11 is 3.11. The van der Waals surface area contributed by atoms with E-state index < -0.39 is 10.8 Å². The summed E-state index contributed by atoms with van der Waals surface area (Å²) in [5.41, 5.74) is 0.535. The van der Waals surface area contributed by atoms with Gasteiger partial charge in [-0.2, -0.15) is 9.67 Å². The van der Waals surface area contributed by atoms with Crippen molar-refractivity contribution < 1.29 is 19.0 Å². The van der Waals surface area contributed by atoms with Crippen LogP contribution in [0.3, 0.4) is 0 Å². The van der Waals surface area contributed by atoms with E-state index in [0.717, 1.165) is 0 Å². The molecule has 2 aromatic heterocycles. The van der Waals surface area contributed by atoms with Crippen molar-refractivity contribution in [3.8, 4) is 0 Å². The first-order valence-corrected chi connectivity index (χ1v) is 7.20. The lowest BCUT2D eigenvalue weighted by molar-refractivity contribution is -0.390. The molecule has 0 saturated heterocycles. The second-order valence-corrected chi connectivity index (χ2v) is 5.20. The van der Waals surface area contributed by atoms with Gasteiger partial charge in [0.25, 0.3) is 0 Å². The predicted molar refractivity (Wildman–Crippen MR) is 78.9 cm³/mol. The molecule has 0 spiro atoms. The summed E-state index contributed by atoms with van der Waals surface area (Å²) in [5.74, 6) is -0.849. The summed E-state index contributed by atoms with van der Waals surface area (Å²) in [7, 11) is 1.51. The molecule has 0 aliphatic rings. The minimum absolute atomic E-state index is 0.0348. The van der Waals surface area contributed by atoms with Crippen LogP contribution in [-0.2, 0) is 11.3 Å². The number of hydrogen-bond donors (Lipinski definition) is 1. The Morgan fingerprint density at radius 3 is 2.91 bits per heavy atom. The van der Waals surface area contributed by atoms with Crippen molar-refractivity contribution >= 4 is 27.7 Å². The molecule has 124 valence electrons. The summed E-state index contributed by atoms with van der Waals surface area (Å²) in [6.45, 7) is 2.36. The van der Waals surface area contributed by atoms with E-state index in [1.807, 2.05) is 0 Å². The van der Waals surface area contributed by atoms with Crippen LogP contribution < -0.4 is 5.32 Å². The second-order valence-electron chi connectivity index (χ2n) is 4.40. The third-order valence-electron chi connectivity index (χ3n) is 2.83. The zero-order chi connectivity index (χ0) is 17.0. The van der Waals surface area contributed by atoms with Crippen molar-refractivity contribution in [2.75, 3.05) is 20.3 Å². The van der Waals surface area contributed by atoms with E-state index in [1.54, 1.807) is 6.92 Å². The normalized spacial score (nSPS) is 10.7. The van der Waals surface area contributed by atoms with E-state index in [2.05, 4.69) is 36.5 Å². The Morgan fingerprint density at radius 2 is 2.30 bits per heavy atom. The van der Waals surface area contributed by atoms with Gasteiger partial charge in [0.05, 0.1) is 17.4 Å². The Hall–Kier alpha value is -2.34. The molecule has 0 saturated carbocycles. The molecule has 1 amide bonds. The van der Waals surface area contributed by atoms with Gasteiger partial charge >= 0.3 is 17.6 Å². The Kier molecular flexibility index (Phi) is 5.39.